The van der Waals surface area contributed by atoms with Gasteiger partial charge < -0.3 is 0 Å². The highest BCUT2D eigenvalue weighted by Gasteiger charge is 2.31. The zero-order valence-electron chi connectivity index (χ0n) is 17.1. The number of benzene rings is 2. The molecule has 1 aliphatic rings. The molecule has 0 amide bonds. The van der Waals surface area contributed by atoms with Gasteiger partial charge in [0.15, 0.2) is 0 Å². The highest BCUT2D eigenvalue weighted by Crippen LogP contribution is 2.25. The van der Waals surface area contributed by atoms with Gasteiger partial charge in [-0.25, -0.2) is 13.4 Å². The summed E-state index contributed by atoms with van der Waals surface area (Å²) >= 11 is 9.54. The van der Waals surface area contributed by atoms with E-state index in [4.69, 9.17) is 16.6 Å². The van der Waals surface area contributed by atoms with Gasteiger partial charge in [0.2, 0.25) is 10.0 Å². The number of fused-ring (bicyclic) bond motifs is 1. The van der Waals surface area contributed by atoms with E-state index in [0.29, 0.717) is 47.9 Å². The number of aromatic nitrogens is 2. The van der Waals surface area contributed by atoms with Crippen LogP contribution in [0.4, 0.5) is 0 Å². The Hall–Kier alpha value is -1.78. The summed E-state index contributed by atoms with van der Waals surface area (Å²) < 4.78 is 29.8. The van der Waals surface area contributed by atoms with Crippen LogP contribution in [0.5, 0.6) is 0 Å². The van der Waals surface area contributed by atoms with Crippen LogP contribution in [0.3, 0.4) is 0 Å². The molecule has 3 aromatic rings. The summed E-state index contributed by atoms with van der Waals surface area (Å²) in [4.78, 5) is 20.0. The molecule has 10 heteroatoms. The molecule has 1 fully saturated rings. The molecule has 7 nitrogen and oxygen atoms in total. The van der Waals surface area contributed by atoms with Gasteiger partial charge in [-0.3, -0.25) is 14.3 Å². The zero-order valence-corrected chi connectivity index (χ0v) is 20.3. The van der Waals surface area contributed by atoms with Crippen molar-refractivity contribution in [2.45, 2.75) is 17.9 Å². The molecule has 0 bridgehead atoms. The van der Waals surface area contributed by atoms with Gasteiger partial charge >= 0.3 is 0 Å². The third-order valence-corrected chi connectivity index (χ3v) is 8.49. The standard InChI is InChI=1S/C21H22BrClN4O3S/c1-14(20-24-18-5-3-4-17(23)19(18)21(28)25(20)2)26-10-12-27(13-11-26)31(29,30)16-8-6-15(22)7-9-16/h3-9,14H,10-13H2,1-2H3. The molecule has 4 rings (SSSR count). The van der Waals surface area contributed by atoms with Gasteiger partial charge in [-0.1, -0.05) is 33.6 Å². The maximum Gasteiger partial charge on any atom is 0.262 e. The van der Waals surface area contributed by atoms with Crippen LogP contribution in [-0.2, 0) is 17.1 Å². The van der Waals surface area contributed by atoms with Gasteiger partial charge in [0, 0.05) is 37.7 Å². The van der Waals surface area contributed by atoms with E-state index in [1.165, 1.54) is 8.87 Å². The van der Waals surface area contributed by atoms with Crippen molar-refractivity contribution in [3.63, 3.8) is 0 Å². The number of nitrogens with zero attached hydrogens (tertiary/aromatic N) is 4. The second kappa shape index (κ2) is 8.63. The van der Waals surface area contributed by atoms with Gasteiger partial charge in [0.1, 0.15) is 5.82 Å². The van der Waals surface area contributed by atoms with Crippen LogP contribution in [0.15, 0.2) is 56.6 Å². The molecule has 1 aromatic heterocycles. The minimum absolute atomic E-state index is 0.154. The van der Waals surface area contributed by atoms with Gasteiger partial charge in [-0.15, -0.1) is 0 Å². The fourth-order valence-corrected chi connectivity index (χ4v) is 5.85. The molecular formula is C21H22BrClN4O3S. The highest BCUT2D eigenvalue weighted by atomic mass is 79.9. The van der Waals surface area contributed by atoms with Gasteiger partial charge in [-0.2, -0.15) is 4.31 Å². The summed E-state index contributed by atoms with van der Waals surface area (Å²) in [7, 11) is -1.85. The largest absolute Gasteiger partial charge is 0.298 e. The van der Waals surface area contributed by atoms with Crippen molar-refractivity contribution in [2.24, 2.45) is 7.05 Å². The predicted octanol–water partition coefficient (Wildman–Crippen LogP) is 3.42. The van der Waals surface area contributed by atoms with Gasteiger partial charge in [-0.05, 0) is 43.3 Å². The lowest BCUT2D eigenvalue weighted by atomic mass is 10.2. The summed E-state index contributed by atoms with van der Waals surface area (Å²) in [5.74, 6) is 0.629. The van der Waals surface area contributed by atoms with E-state index in [1.807, 2.05) is 6.92 Å². The molecule has 0 saturated carbocycles. The molecule has 31 heavy (non-hydrogen) atoms. The van der Waals surface area contributed by atoms with Gasteiger partial charge in [0.05, 0.1) is 26.9 Å². The second-order valence-electron chi connectivity index (χ2n) is 7.54. The first-order chi connectivity index (χ1) is 14.7. The molecule has 0 N–H and O–H groups in total. The van der Waals surface area contributed by atoms with Crippen LogP contribution in [0, 0.1) is 0 Å². The first kappa shape index (κ1) is 22.4. The van der Waals surface area contributed by atoms with Crippen LogP contribution < -0.4 is 5.56 Å². The summed E-state index contributed by atoms with van der Waals surface area (Å²) in [5.41, 5.74) is 0.378. The van der Waals surface area contributed by atoms with Crippen LogP contribution in [0.1, 0.15) is 18.8 Å². The minimum Gasteiger partial charge on any atom is -0.298 e. The van der Waals surface area contributed by atoms with Crippen molar-refractivity contribution in [3.05, 3.63) is 68.1 Å². The minimum atomic E-state index is -3.54. The highest BCUT2D eigenvalue weighted by molar-refractivity contribution is 9.10. The number of halogens is 2. The Labute approximate surface area is 194 Å². The monoisotopic (exact) mass is 524 g/mol. The molecule has 1 aliphatic heterocycles. The lowest BCUT2D eigenvalue weighted by molar-refractivity contribution is 0.139. The van der Waals surface area contributed by atoms with Crippen LogP contribution in [-0.4, -0.2) is 53.4 Å². The fourth-order valence-electron chi connectivity index (χ4n) is 3.91. The van der Waals surface area contributed by atoms with E-state index in [-0.39, 0.29) is 16.5 Å². The first-order valence-corrected chi connectivity index (χ1v) is 12.5. The van der Waals surface area contributed by atoms with Crippen molar-refractivity contribution < 1.29 is 8.42 Å². The van der Waals surface area contributed by atoms with Crippen molar-refractivity contribution in [2.75, 3.05) is 26.2 Å². The second-order valence-corrected chi connectivity index (χ2v) is 10.8. The Bertz CT molecular complexity index is 1290. The fraction of sp³-hybridized carbons (Fsp3) is 0.333. The van der Waals surface area contributed by atoms with Gasteiger partial charge in [0.25, 0.3) is 5.56 Å². The van der Waals surface area contributed by atoms with E-state index >= 15 is 0 Å². The third kappa shape index (κ3) is 4.17. The molecule has 0 radical (unpaired) electrons. The smallest absolute Gasteiger partial charge is 0.262 e. The normalized spacial score (nSPS) is 17.2. The number of hydrogen-bond donors (Lipinski definition) is 0. The lowest BCUT2D eigenvalue weighted by Crippen LogP contribution is -2.49. The molecule has 1 unspecified atom stereocenters. The van der Waals surface area contributed by atoms with E-state index < -0.39 is 10.0 Å². The SMILES string of the molecule is CC(c1nc2cccc(Cl)c2c(=O)n1C)N1CCN(S(=O)(=O)c2ccc(Br)cc2)CC1. The Balaban J connectivity index is 1.55. The molecule has 0 spiro atoms. The molecule has 2 aromatic carbocycles. The molecule has 1 saturated heterocycles. The van der Waals surface area contributed by atoms with Crippen molar-refractivity contribution in [3.8, 4) is 0 Å². The molecule has 0 aliphatic carbocycles. The first-order valence-electron chi connectivity index (χ1n) is 9.85. The quantitative estimate of drug-likeness (QED) is 0.522. The summed E-state index contributed by atoms with van der Waals surface area (Å²) in [5, 5.41) is 0.796. The number of rotatable bonds is 4. The Morgan fingerprint density at radius 2 is 1.71 bits per heavy atom. The topological polar surface area (TPSA) is 75.5 Å². The Morgan fingerprint density at radius 1 is 1.06 bits per heavy atom. The maximum atomic E-state index is 12.9. The molecule has 164 valence electrons. The van der Waals surface area contributed by atoms with E-state index in [9.17, 15) is 13.2 Å². The molecular weight excluding hydrogens is 504 g/mol. The average Bonchev–Trinajstić information content (AvgIpc) is 2.76. The van der Waals surface area contributed by atoms with E-state index in [1.54, 1.807) is 49.5 Å². The maximum absolute atomic E-state index is 12.9. The Kier molecular flexibility index (Phi) is 6.24. The zero-order chi connectivity index (χ0) is 22.3. The number of piperazine rings is 1. The van der Waals surface area contributed by atoms with Crippen LogP contribution in [0.25, 0.3) is 10.9 Å². The third-order valence-electron chi connectivity index (χ3n) is 5.73. The molecule has 1 atom stereocenters. The number of hydrogen-bond acceptors (Lipinski definition) is 5. The molecule has 2 heterocycles. The lowest BCUT2D eigenvalue weighted by Gasteiger charge is -2.37. The van der Waals surface area contributed by atoms with Crippen LogP contribution in [0.2, 0.25) is 5.02 Å². The van der Waals surface area contributed by atoms with Crippen LogP contribution >= 0.6 is 27.5 Å². The average molecular weight is 526 g/mol. The van der Waals surface area contributed by atoms with E-state index in [0.717, 1.165) is 4.47 Å². The van der Waals surface area contributed by atoms with E-state index in [2.05, 4.69) is 20.8 Å². The van der Waals surface area contributed by atoms with Crippen molar-refractivity contribution in [1.82, 2.24) is 18.8 Å². The van der Waals surface area contributed by atoms with Crippen molar-refractivity contribution in [1.29, 1.82) is 0 Å². The summed E-state index contributed by atoms with van der Waals surface area (Å²) in [6.45, 7) is 3.81. The predicted molar refractivity (Wildman–Crippen MR) is 125 cm³/mol. The van der Waals surface area contributed by atoms with Crippen molar-refractivity contribution >= 4 is 48.5 Å². The summed E-state index contributed by atoms with van der Waals surface area (Å²) in [6.07, 6.45) is 0. The Morgan fingerprint density at radius 3 is 2.35 bits per heavy atom. The summed E-state index contributed by atoms with van der Waals surface area (Å²) in [6, 6.07) is 11.7. The number of sulfonamides is 1.